The van der Waals surface area contributed by atoms with Crippen LogP contribution in [-0.2, 0) is 6.42 Å². The van der Waals surface area contributed by atoms with Crippen molar-refractivity contribution in [1.82, 2.24) is 0 Å². The van der Waals surface area contributed by atoms with Crippen LogP contribution in [0.2, 0.25) is 0 Å². The van der Waals surface area contributed by atoms with Gasteiger partial charge >= 0.3 is 112 Å². The molecule has 1 rings (SSSR count). The first-order chi connectivity index (χ1) is 8.83. The third-order valence-electron chi connectivity index (χ3n) is 3.49. The number of rotatable bonds is 11. The van der Waals surface area contributed by atoms with Crippen LogP contribution in [0.4, 0.5) is 0 Å². The average molecular weight is 371 g/mol. The van der Waals surface area contributed by atoms with Crippen LogP contribution in [0.15, 0.2) is 11.4 Å². The molecule has 0 aliphatic rings. The molecule has 2 heteroatoms. The third kappa shape index (κ3) is 8.57. The summed E-state index contributed by atoms with van der Waals surface area (Å²) in [6.07, 6.45) is 15.7. The molecule has 1 aromatic rings. The second-order valence-electron chi connectivity index (χ2n) is 5.29. The maximum absolute atomic E-state index is 2.40. The molecule has 0 bridgehead atoms. The van der Waals surface area contributed by atoms with Crippen molar-refractivity contribution in [2.45, 2.75) is 77.6 Å². The molecule has 0 atom stereocenters. The second kappa shape index (κ2) is 11.3. The molecule has 18 heavy (non-hydrogen) atoms. The first-order valence-corrected chi connectivity index (χ1v) is 10.2. The van der Waals surface area contributed by atoms with E-state index in [0.717, 1.165) is 0 Å². The summed E-state index contributed by atoms with van der Waals surface area (Å²) in [6, 6.07) is 2.40. The number of hydrogen-bond donors (Lipinski definition) is 0. The van der Waals surface area contributed by atoms with Crippen LogP contribution >= 0.6 is 11.3 Å². The van der Waals surface area contributed by atoms with Gasteiger partial charge in [-0.2, -0.15) is 0 Å². The third-order valence-corrected chi connectivity index (χ3v) is 5.94. The zero-order chi connectivity index (χ0) is 13.1. The molecule has 1 heterocycles. The first-order valence-electron chi connectivity index (χ1n) is 7.66. The van der Waals surface area contributed by atoms with Gasteiger partial charge in [-0.05, 0) is 0 Å². The summed E-state index contributed by atoms with van der Waals surface area (Å²) in [5.41, 5.74) is 1.59. The number of thiophene rings is 1. The Balaban J connectivity index is 1.81. The minimum atomic E-state index is 1.29. The molecule has 0 spiro atoms. The van der Waals surface area contributed by atoms with Gasteiger partial charge < -0.3 is 0 Å². The fraction of sp³-hybridized carbons (Fsp3) is 0.750. The molecule has 0 saturated carbocycles. The SMILES string of the molecule is CCCCCCCCCCCCc1cs[c]([SnH])c1. The van der Waals surface area contributed by atoms with Gasteiger partial charge in [0.2, 0.25) is 0 Å². The van der Waals surface area contributed by atoms with Crippen LogP contribution in [0.25, 0.3) is 0 Å². The van der Waals surface area contributed by atoms with Crippen LogP contribution in [0.5, 0.6) is 0 Å². The van der Waals surface area contributed by atoms with E-state index < -0.39 is 0 Å². The van der Waals surface area contributed by atoms with E-state index in [1.54, 1.807) is 8.46 Å². The summed E-state index contributed by atoms with van der Waals surface area (Å²) in [6.45, 7) is 2.29. The van der Waals surface area contributed by atoms with Gasteiger partial charge in [0.1, 0.15) is 0 Å². The Bertz CT molecular complexity index is 293. The Kier molecular flexibility index (Phi) is 10.4. The Morgan fingerprint density at radius 1 is 0.889 bits per heavy atom. The van der Waals surface area contributed by atoms with E-state index >= 15 is 0 Å². The fourth-order valence-electron chi connectivity index (χ4n) is 2.34. The Labute approximate surface area is 131 Å². The van der Waals surface area contributed by atoms with Crippen molar-refractivity contribution in [3.8, 4) is 0 Å². The van der Waals surface area contributed by atoms with Gasteiger partial charge in [0, 0.05) is 0 Å². The number of aryl methyl sites for hydroxylation is 1. The summed E-state index contributed by atoms with van der Waals surface area (Å²) < 4.78 is 1.59. The molecule has 0 nitrogen and oxygen atoms in total. The van der Waals surface area contributed by atoms with Crippen molar-refractivity contribution in [3.63, 3.8) is 0 Å². The zero-order valence-electron chi connectivity index (χ0n) is 11.9. The van der Waals surface area contributed by atoms with E-state index in [9.17, 15) is 0 Å². The molecule has 0 aliphatic heterocycles. The van der Waals surface area contributed by atoms with Gasteiger partial charge in [-0.15, -0.1) is 0 Å². The van der Waals surface area contributed by atoms with Crippen molar-refractivity contribution in [1.29, 1.82) is 0 Å². The summed E-state index contributed by atoms with van der Waals surface area (Å²) >= 11 is 3.23. The molecule has 0 aromatic carbocycles. The maximum atomic E-state index is 2.40. The quantitative estimate of drug-likeness (QED) is 0.390. The van der Waals surface area contributed by atoms with Gasteiger partial charge in [-0.25, -0.2) is 0 Å². The van der Waals surface area contributed by atoms with E-state index in [1.807, 2.05) is 11.3 Å². The van der Waals surface area contributed by atoms with Crippen LogP contribution in [0.1, 0.15) is 76.7 Å². The van der Waals surface area contributed by atoms with Crippen molar-refractivity contribution < 1.29 is 0 Å². The monoisotopic (exact) mass is 372 g/mol. The van der Waals surface area contributed by atoms with Crippen molar-refractivity contribution >= 4 is 36.8 Å². The van der Waals surface area contributed by atoms with Gasteiger partial charge in [-0.3, -0.25) is 0 Å². The molecule has 102 valence electrons. The summed E-state index contributed by atoms with van der Waals surface area (Å²) in [5, 5.41) is 2.35. The summed E-state index contributed by atoms with van der Waals surface area (Å²) in [5.74, 6) is 0. The van der Waals surface area contributed by atoms with Crippen LogP contribution in [0.3, 0.4) is 0 Å². The fourth-order valence-corrected chi connectivity index (χ4v) is 4.23. The second-order valence-corrected chi connectivity index (χ2v) is 9.20. The van der Waals surface area contributed by atoms with Crippen LogP contribution < -0.4 is 2.89 Å². The molecule has 0 saturated heterocycles. The Hall–Kier alpha value is 0.499. The molecule has 0 amide bonds. The predicted octanol–water partition coefficient (Wildman–Crippen LogP) is 4.74. The minimum absolute atomic E-state index is 1.29. The molecule has 0 aliphatic carbocycles. The standard InChI is InChI=1S/C16H27S.Sn.H/c1-2-3-4-5-6-7-8-9-10-11-12-16-13-14-17-15-16;;/h13,15H,2-12H2,1H3;;. The van der Waals surface area contributed by atoms with Crippen molar-refractivity contribution in [2.75, 3.05) is 0 Å². The van der Waals surface area contributed by atoms with E-state index in [0.29, 0.717) is 0 Å². The molecular formula is C16H28SSn. The van der Waals surface area contributed by atoms with Crippen LogP contribution in [0, 0.1) is 0 Å². The predicted molar refractivity (Wildman–Crippen MR) is 86.7 cm³/mol. The average Bonchev–Trinajstić information content (AvgIpc) is 2.77. The first kappa shape index (κ1) is 16.6. The number of hydrogen-bond acceptors (Lipinski definition) is 1. The van der Waals surface area contributed by atoms with E-state index in [-0.39, 0.29) is 0 Å². The van der Waals surface area contributed by atoms with Gasteiger partial charge in [0.15, 0.2) is 0 Å². The molecule has 0 unspecified atom stereocenters. The van der Waals surface area contributed by atoms with Crippen molar-refractivity contribution in [2.24, 2.45) is 0 Å². The topological polar surface area (TPSA) is 0 Å². The Morgan fingerprint density at radius 2 is 1.44 bits per heavy atom. The van der Waals surface area contributed by atoms with E-state index in [1.165, 1.54) is 93.2 Å². The van der Waals surface area contributed by atoms with Crippen molar-refractivity contribution in [3.05, 3.63) is 17.0 Å². The zero-order valence-corrected chi connectivity index (χ0v) is 16.0. The van der Waals surface area contributed by atoms with Gasteiger partial charge in [0.05, 0.1) is 0 Å². The normalized spacial score (nSPS) is 11.0. The Morgan fingerprint density at radius 3 is 1.94 bits per heavy atom. The molecule has 2 radical (unpaired) electrons. The number of unbranched alkanes of at least 4 members (excludes halogenated alkanes) is 9. The summed E-state index contributed by atoms with van der Waals surface area (Å²) in [7, 11) is 0. The van der Waals surface area contributed by atoms with Crippen LogP contribution in [-0.4, -0.2) is 22.5 Å². The molecular weight excluding hydrogens is 343 g/mol. The molecule has 1 aromatic heterocycles. The van der Waals surface area contributed by atoms with Gasteiger partial charge in [0.25, 0.3) is 0 Å². The van der Waals surface area contributed by atoms with E-state index in [2.05, 4.69) is 18.4 Å². The summed E-state index contributed by atoms with van der Waals surface area (Å²) in [4.78, 5) is 0. The molecule has 0 fully saturated rings. The van der Waals surface area contributed by atoms with E-state index in [4.69, 9.17) is 0 Å². The van der Waals surface area contributed by atoms with Gasteiger partial charge in [-0.1, -0.05) is 19.8 Å². The molecule has 0 N–H and O–H groups in total.